The number of hydrogen-bond donors (Lipinski definition) is 3. The Hall–Kier alpha value is -2.57. The Morgan fingerprint density at radius 2 is 2.15 bits per heavy atom. The topological polar surface area (TPSA) is 98.7 Å². The van der Waals surface area contributed by atoms with Gasteiger partial charge in [-0.2, -0.15) is 0 Å². The molecule has 3 N–H and O–H groups in total. The molecule has 20 heavy (non-hydrogen) atoms. The first kappa shape index (κ1) is 13.9. The predicted octanol–water partition coefficient (Wildman–Crippen LogP) is 0.657. The number of amides is 3. The number of hydrogen-bond acceptors (Lipinski definition) is 3. The molecular weight excluding hydrogens is 262 g/mol. The summed E-state index contributed by atoms with van der Waals surface area (Å²) in [6, 6.07) is 4.24. The van der Waals surface area contributed by atoms with E-state index in [4.69, 9.17) is 5.11 Å². The average molecular weight is 277 g/mol. The third-order valence-electron chi connectivity index (χ3n) is 3.04. The van der Waals surface area contributed by atoms with E-state index in [2.05, 4.69) is 10.6 Å². The number of carboxylic acids is 1. The van der Waals surface area contributed by atoms with Crippen LogP contribution in [-0.2, 0) is 4.79 Å². The minimum absolute atomic E-state index is 0.00345. The molecule has 1 heterocycles. The monoisotopic (exact) mass is 277 g/mol. The molecule has 7 heteroatoms. The van der Waals surface area contributed by atoms with Crippen LogP contribution in [0.15, 0.2) is 18.2 Å². The number of carboxylic acid groups (broad SMARTS) is 1. The number of carbonyl (C=O) groups is 3. The smallest absolute Gasteiger partial charge is 0.336 e. The van der Waals surface area contributed by atoms with Crippen LogP contribution in [0.3, 0.4) is 0 Å². The van der Waals surface area contributed by atoms with Gasteiger partial charge in [0.2, 0.25) is 5.91 Å². The highest BCUT2D eigenvalue weighted by Crippen LogP contribution is 2.16. The van der Waals surface area contributed by atoms with Gasteiger partial charge in [0.1, 0.15) is 6.54 Å². The maximum Gasteiger partial charge on any atom is 0.336 e. The summed E-state index contributed by atoms with van der Waals surface area (Å²) in [5, 5.41) is 14.3. The van der Waals surface area contributed by atoms with Crippen molar-refractivity contribution in [3.05, 3.63) is 29.3 Å². The number of rotatable bonds is 2. The van der Waals surface area contributed by atoms with Crippen molar-refractivity contribution in [2.45, 2.75) is 6.92 Å². The van der Waals surface area contributed by atoms with Gasteiger partial charge in [0.25, 0.3) is 0 Å². The summed E-state index contributed by atoms with van der Waals surface area (Å²) in [5.74, 6) is -1.25. The van der Waals surface area contributed by atoms with Crippen molar-refractivity contribution in [3.8, 4) is 0 Å². The van der Waals surface area contributed by atoms with E-state index in [1.54, 1.807) is 19.1 Å². The van der Waals surface area contributed by atoms with Gasteiger partial charge in [0, 0.05) is 18.8 Å². The van der Waals surface area contributed by atoms with Crippen molar-refractivity contribution in [3.63, 3.8) is 0 Å². The first-order chi connectivity index (χ1) is 9.47. The number of aryl methyl sites for hydroxylation is 1. The summed E-state index contributed by atoms with van der Waals surface area (Å²) < 4.78 is 0. The number of carbonyl (C=O) groups excluding carboxylic acids is 2. The van der Waals surface area contributed by atoms with Crippen LogP contribution in [0.4, 0.5) is 10.5 Å². The largest absolute Gasteiger partial charge is 0.478 e. The average Bonchev–Trinajstić information content (AvgIpc) is 2.40. The number of urea groups is 1. The van der Waals surface area contributed by atoms with E-state index in [9.17, 15) is 14.4 Å². The molecule has 0 bridgehead atoms. The molecule has 106 valence electrons. The van der Waals surface area contributed by atoms with Gasteiger partial charge in [-0.15, -0.1) is 0 Å². The minimum atomic E-state index is -1.05. The zero-order valence-electron chi connectivity index (χ0n) is 11.0. The second-order valence-electron chi connectivity index (χ2n) is 4.54. The number of nitrogens with one attached hydrogen (secondary N) is 2. The zero-order valence-corrected chi connectivity index (χ0v) is 11.0. The highest BCUT2D eigenvalue weighted by Gasteiger charge is 2.21. The molecule has 0 aromatic heterocycles. The van der Waals surface area contributed by atoms with Gasteiger partial charge < -0.3 is 20.6 Å². The van der Waals surface area contributed by atoms with E-state index >= 15 is 0 Å². The predicted molar refractivity (Wildman–Crippen MR) is 71.7 cm³/mol. The van der Waals surface area contributed by atoms with Crippen molar-refractivity contribution in [2.24, 2.45) is 0 Å². The summed E-state index contributed by atoms with van der Waals surface area (Å²) in [6.45, 7) is 2.53. The van der Waals surface area contributed by atoms with Crippen LogP contribution in [0.2, 0.25) is 0 Å². The summed E-state index contributed by atoms with van der Waals surface area (Å²) in [4.78, 5) is 35.6. The first-order valence-electron chi connectivity index (χ1n) is 6.14. The molecule has 1 fully saturated rings. The Balaban J connectivity index is 2.09. The molecule has 0 spiro atoms. The number of anilines is 1. The molecule has 1 aliphatic heterocycles. The Morgan fingerprint density at radius 1 is 1.40 bits per heavy atom. The van der Waals surface area contributed by atoms with Crippen LogP contribution >= 0.6 is 0 Å². The molecule has 1 aromatic carbocycles. The lowest BCUT2D eigenvalue weighted by Gasteiger charge is -2.26. The van der Waals surface area contributed by atoms with E-state index in [0.29, 0.717) is 24.3 Å². The zero-order chi connectivity index (χ0) is 14.7. The molecule has 3 amide bonds. The van der Waals surface area contributed by atoms with Crippen molar-refractivity contribution in [2.75, 3.05) is 25.0 Å². The lowest BCUT2D eigenvalue weighted by molar-refractivity contribution is -0.123. The molecule has 1 saturated heterocycles. The molecule has 1 aliphatic rings. The Bertz CT molecular complexity index is 571. The van der Waals surface area contributed by atoms with Gasteiger partial charge in [0.15, 0.2) is 0 Å². The van der Waals surface area contributed by atoms with Crippen LogP contribution in [0, 0.1) is 6.92 Å². The van der Waals surface area contributed by atoms with Gasteiger partial charge >= 0.3 is 12.0 Å². The van der Waals surface area contributed by atoms with Crippen LogP contribution in [0.1, 0.15) is 15.9 Å². The van der Waals surface area contributed by atoms with Crippen LogP contribution in [0.5, 0.6) is 0 Å². The fourth-order valence-corrected chi connectivity index (χ4v) is 1.94. The molecule has 7 nitrogen and oxygen atoms in total. The Labute approximate surface area is 115 Å². The van der Waals surface area contributed by atoms with Crippen molar-refractivity contribution in [1.29, 1.82) is 0 Å². The summed E-state index contributed by atoms with van der Waals surface area (Å²) in [6.07, 6.45) is 0. The molecule has 0 aliphatic carbocycles. The highest BCUT2D eigenvalue weighted by molar-refractivity contribution is 5.95. The molecule has 2 rings (SSSR count). The second kappa shape index (κ2) is 5.60. The van der Waals surface area contributed by atoms with Gasteiger partial charge in [0.05, 0.1) is 5.56 Å². The van der Waals surface area contributed by atoms with Crippen LogP contribution in [-0.4, -0.2) is 47.5 Å². The molecule has 0 atom stereocenters. The van der Waals surface area contributed by atoms with Crippen molar-refractivity contribution < 1.29 is 19.5 Å². The molecular formula is C13H15N3O4. The molecule has 0 radical (unpaired) electrons. The van der Waals surface area contributed by atoms with Crippen molar-refractivity contribution >= 4 is 23.6 Å². The number of nitrogens with zero attached hydrogens (tertiary/aromatic N) is 1. The highest BCUT2D eigenvalue weighted by atomic mass is 16.4. The van der Waals surface area contributed by atoms with Crippen molar-refractivity contribution in [1.82, 2.24) is 10.2 Å². The molecule has 1 aromatic rings. The van der Waals surface area contributed by atoms with E-state index < -0.39 is 12.0 Å². The van der Waals surface area contributed by atoms with Gasteiger partial charge in [-0.25, -0.2) is 9.59 Å². The van der Waals surface area contributed by atoms with E-state index in [-0.39, 0.29) is 18.0 Å². The van der Waals surface area contributed by atoms with Gasteiger partial charge in [-0.3, -0.25) is 4.79 Å². The Kier molecular flexibility index (Phi) is 3.88. The third kappa shape index (κ3) is 3.05. The van der Waals surface area contributed by atoms with E-state index in [1.165, 1.54) is 11.0 Å². The minimum Gasteiger partial charge on any atom is -0.478 e. The van der Waals surface area contributed by atoms with E-state index in [0.717, 1.165) is 0 Å². The first-order valence-corrected chi connectivity index (χ1v) is 6.14. The fourth-order valence-electron chi connectivity index (χ4n) is 1.94. The third-order valence-corrected chi connectivity index (χ3v) is 3.04. The fraction of sp³-hybridized carbons (Fsp3) is 0.308. The number of aromatic carboxylic acids is 1. The molecule has 0 unspecified atom stereocenters. The standard InChI is InChI=1S/C13H15N3O4/c1-8-2-3-9(6-10(8)12(18)19)15-13(20)16-5-4-14-11(17)7-16/h2-3,6H,4-5,7H2,1H3,(H,14,17)(H,15,20)(H,18,19). The summed E-state index contributed by atoms with van der Waals surface area (Å²) in [7, 11) is 0. The normalized spacial score (nSPS) is 14.7. The van der Waals surface area contributed by atoms with E-state index in [1.807, 2.05) is 0 Å². The maximum atomic E-state index is 12.0. The lowest BCUT2D eigenvalue weighted by atomic mass is 10.1. The Morgan fingerprint density at radius 3 is 2.80 bits per heavy atom. The summed E-state index contributed by atoms with van der Waals surface area (Å²) >= 11 is 0. The number of benzene rings is 1. The lowest BCUT2D eigenvalue weighted by Crippen LogP contribution is -2.51. The number of piperazine rings is 1. The van der Waals surface area contributed by atoms with Crippen LogP contribution in [0.25, 0.3) is 0 Å². The molecule has 0 saturated carbocycles. The summed E-state index contributed by atoms with van der Waals surface area (Å²) in [5.41, 5.74) is 1.15. The maximum absolute atomic E-state index is 12.0. The SMILES string of the molecule is Cc1ccc(NC(=O)N2CCNC(=O)C2)cc1C(=O)O. The second-order valence-corrected chi connectivity index (χ2v) is 4.54. The van der Waals surface area contributed by atoms with Crippen LogP contribution < -0.4 is 10.6 Å². The van der Waals surface area contributed by atoms with Gasteiger partial charge in [-0.05, 0) is 24.6 Å². The quantitative estimate of drug-likeness (QED) is 0.739. The van der Waals surface area contributed by atoms with Gasteiger partial charge in [-0.1, -0.05) is 6.07 Å².